The second-order valence-electron chi connectivity index (χ2n) is 4.39. The third-order valence-corrected chi connectivity index (χ3v) is 2.55. The van der Waals surface area contributed by atoms with E-state index >= 15 is 0 Å². The van der Waals surface area contributed by atoms with Crippen molar-refractivity contribution < 1.29 is 0 Å². The Hall–Kier alpha value is -0.860. The smallest absolute Gasteiger partial charge is 0.0292 e. The van der Waals surface area contributed by atoms with E-state index in [0.717, 1.165) is 13.1 Å². The van der Waals surface area contributed by atoms with E-state index in [1.807, 2.05) is 0 Å². The molecule has 0 radical (unpaired) electrons. The van der Waals surface area contributed by atoms with Gasteiger partial charge in [-0.15, -0.1) is 0 Å². The van der Waals surface area contributed by atoms with E-state index in [0.29, 0.717) is 6.04 Å². The first-order chi connectivity index (χ1) is 7.09. The summed E-state index contributed by atoms with van der Waals surface area (Å²) in [4.78, 5) is 2.19. The van der Waals surface area contributed by atoms with Crippen LogP contribution in [0.25, 0.3) is 0 Å². The van der Waals surface area contributed by atoms with Crippen LogP contribution >= 0.6 is 0 Å². The van der Waals surface area contributed by atoms with Crippen LogP contribution in [0.2, 0.25) is 0 Å². The number of aryl methyl sites for hydroxylation is 1. The van der Waals surface area contributed by atoms with Gasteiger partial charge in [-0.25, -0.2) is 0 Å². The van der Waals surface area contributed by atoms with Gasteiger partial charge in [0.15, 0.2) is 0 Å². The Labute approximate surface area is 93.3 Å². The monoisotopic (exact) mass is 206 g/mol. The summed E-state index contributed by atoms with van der Waals surface area (Å²) in [6.07, 6.45) is 0. The molecule has 0 aliphatic heterocycles. The van der Waals surface area contributed by atoms with Gasteiger partial charge in [-0.3, -0.25) is 0 Å². The summed E-state index contributed by atoms with van der Waals surface area (Å²) in [5.41, 5.74) is 2.70. The van der Waals surface area contributed by atoms with Crippen molar-refractivity contribution in [3.8, 4) is 0 Å². The predicted octanol–water partition coefficient (Wildman–Crippen LogP) is 2.21. The molecule has 1 aromatic rings. The van der Waals surface area contributed by atoms with Crippen LogP contribution in [0.5, 0.6) is 0 Å². The first kappa shape index (κ1) is 12.2. The van der Waals surface area contributed by atoms with Gasteiger partial charge < -0.3 is 10.2 Å². The molecule has 15 heavy (non-hydrogen) atoms. The topological polar surface area (TPSA) is 15.3 Å². The highest BCUT2D eigenvalue weighted by atomic mass is 15.1. The Balaban J connectivity index is 2.43. The molecule has 0 saturated carbocycles. The lowest BCUT2D eigenvalue weighted by Gasteiger charge is -2.16. The molecule has 0 spiro atoms. The summed E-state index contributed by atoms with van der Waals surface area (Å²) in [5.74, 6) is 0. The number of nitrogens with one attached hydrogen (secondary N) is 1. The Bertz CT molecular complexity index is 294. The number of hydrogen-bond donors (Lipinski definition) is 1. The number of likely N-dealkylation sites (N-methyl/N-ethyl adjacent to an activating group) is 1. The zero-order valence-corrected chi connectivity index (χ0v) is 10.2. The lowest BCUT2D eigenvalue weighted by molar-refractivity contribution is 0.389. The normalized spacial score (nSPS) is 13.1. The highest BCUT2D eigenvalue weighted by Gasteiger charge is 2.03. The van der Waals surface area contributed by atoms with E-state index in [1.54, 1.807) is 0 Å². The summed E-state index contributed by atoms with van der Waals surface area (Å²) in [7, 11) is 4.19. The summed E-state index contributed by atoms with van der Waals surface area (Å²) in [6.45, 7) is 6.46. The second-order valence-corrected chi connectivity index (χ2v) is 4.39. The van der Waals surface area contributed by atoms with Crippen molar-refractivity contribution >= 4 is 0 Å². The van der Waals surface area contributed by atoms with E-state index in [2.05, 4.69) is 62.4 Å². The molecule has 0 amide bonds. The molecular formula is C13H22N2. The Kier molecular flexibility index (Phi) is 4.79. The van der Waals surface area contributed by atoms with Gasteiger partial charge in [-0.05, 0) is 33.5 Å². The fourth-order valence-electron chi connectivity index (χ4n) is 1.56. The fraction of sp³-hybridized carbons (Fsp3) is 0.538. The molecular weight excluding hydrogens is 184 g/mol. The van der Waals surface area contributed by atoms with Crippen LogP contribution in [0.1, 0.15) is 24.1 Å². The van der Waals surface area contributed by atoms with Crippen LogP contribution in [-0.4, -0.2) is 32.1 Å². The van der Waals surface area contributed by atoms with Crippen molar-refractivity contribution in [1.82, 2.24) is 10.2 Å². The molecule has 1 atom stereocenters. The van der Waals surface area contributed by atoms with Crippen molar-refractivity contribution in [2.45, 2.75) is 19.9 Å². The molecule has 0 heterocycles. The molecule has 1 N–H and O–H groups in total. The summed E-state index contributed by atoms with van der Waals surface area (Å²) < 4.78 is 0. The minimum absolute atomic E-state index is 0.435. The number of benzene rings is 1. The molecule has 0 aliphatic carbocycles. The molecule has 0 bridgehead atoms. The van der Waals surface area contributed by atoms with E-state index < -0.39 is 0 Å². The maximum Gasteiger partial charge on any atom is 0.0292 e. The van der Waals surface area contributed by atoms with Crippen LogP contribution in [0.15, 0.2) is 24.3 Å². The SMILES string of the molecule is Cc1cccc([C@@H](C)NCCN(C)C)c1. The Morgan fingerprint density at radius 1 is 1.33 bits per heavy atom. The van der Waals surface area contributed by atoms with Crippen molar-refractivity contribution in [3.05, 3.63) is 35.4 Å². The van der Waals surface area contributed by atoms with Gasteiger partial charge in [0.25, 0.3) is 0 Å². The van der Waals surface area contributed by atoms with Crippen LogP contribution in [0, 0.1) is 6.92 Å². The van der Waals surface area contributed by atoms with Crippen molar-refractivity contribution in [2.75, 3.05) is 27.2 Å². The Morgan fingerprint density at radius 3 is 2.67 bits per heavy atom. The number of nitrogens with zero attached hydrogens (tertiary/aromatic N) is 1. The summed E-state index contributed by atoms with van der Waals surface area (Å²) in [6, 6.07) is 9.11. The average molecular weight is 206 g/mol. The highest BCUT2D eigenvalue weighted by molar-refractivity contribution is 5.24. The molecule has 0 saturated heterocycles. The largest absolute Gasteiger partial charge is 0.309 e. The first-order valence-corrected chi connectivity index (χ1v) is 5.54. The van der Waals surface area contributed by atoms with Crippen LogP contribution in [0.3, 0.4) is 0 Å². The average Bonchev–Trinajstić information content (AvgIpc) is 2.17. The van der Waals surface area contributed by atoms with Crippen LogP contribution in [-0.2, 0) is 0 Å². The van der Waals surface area contributed by atoms with E-state index in [1.165, 1.54) is 11.1 Å². The third-order valence-electron chi connectivity index (χ3n) is 2.55. The first-order valence-electron chi connectivity index (χ1n) is 5.54. The molecule has 0 unspecified atom stereocenters. The molecule has 0 fully saturated rings. The standard InChI is InChI=1S/C13H22N2/c1-11-6-5-7-13(10-11)12(2)14-8-9-15(3)4/h5-7,10,12,14H,8-9H2,1-4H3/t12-/m1/s1. The third kappa shape index (κ3) is 4.45. The molecule has 1 rings (SSSR count). The zero-order chi connectivity index (χ0) is 11.3. The van der Waals surface area contributed by atoms with Crippen molar-refractivity contribution in [2.24, 2.45) is 0 Å². The number of hydrogen-bond acceptors (Lipinski definition) is 2. The molecule has 1 aromatic carbocycles. The maximum atomic E-state index is 3.52. The molecule has 84 valence electrons. The minimum Gasteiger partial charge on any atom is -0.309 e. The quantitative estimate of drug-likeness (QED) is 0.794. The Morgan fingerprint density at radius 2 is 2.07 bits per heavy atom. The van der Waals surface area contributed by atoms with Gasteiger partial charge in [0.05, 0.1) is 0 Å². The van der Waals surface area contributed by atoms with Crippen molar-refractivity contribution in [1.29, 1.82) is 0 Å². The lowest BCUT2D eigenvalue weighted by atomic mass is 10.1. The highest BCUT2D eigenvalue weighted by Crippen LogP contribution is 2.13. The predicted molar refractivity (Wildman–Crippen MR) is 66.2 cm³/mol. The van der Waals surface area contributed by atoms with E-state index in [9.17, 15) is 0 Å². The number of rotatable bonds is 5. The fourth-order valence-corrected chi connectivity index (χ4v) is 1.56. The minimum atomic E-state index is 0.435. The van der Waals surface area contributed by atoms with Gasteiger partial charge in [0, 0.05) is 19.1 Å². The van der Waals surface area contributed by atoms with Crippen LogP contribution in [0.4, 0.5) is 0 Å². The van der Waals surface area contributed by atoms with Gasteiger partial charge in [-0.1, -0.05) is 29.8 Å². The van der Waals surface area contributed by atoms with E-state index in [4.69, 9.17) is 0 Å². The molecule has 2 nitrogen and oxygen atoms in total. The molecule has 2 heteroatoms. The zero-order valence-electron chi connectivity index (χ0n) is 10.2. The van der Waals surface area contributed by atoms with Crippen molar-refractivity contribution in [3.63, 3.8) is 0 Å². The lowest BCUT2D eigenvalue weighted by Crippen LogP contribution is -2.28. The summed E-state index contributed by atoms with van der Waals surface area (Å²) >= 11 is 0. The summed E-state index contributed by atoms with van der Waals surface area (Å²) in [5, 5.41) is 3.52. The maximum absolute atomic E-state index is 3.52. The molecule has 0 aromatic heterocycles. The van der Waals surface area contributed by atoms with E-state index in [-0.39, 0.29) is 0 Å². The van der Waals surface area contributed by atoms with Gasteiger partial charge in [0.2, 0.25) is 0 Å². The van der Waals surface area contributed by atoms with Crippen LogP contribution < -0.4 is 5.32 Å². The van der Waals surface area contributed by atoms with Gasteiger partial charge in [-0.2, -0.15) is 0 Å². The van der Waals surface area contributed by atoms with Gasteiger partial charge >= 0.3 is 0 Å². The molecule has 0 aliphatic rings. The second kappa shape index (κ2) is 5.89. The van der Waals surface area contributed by atoms with Gasteiger partial charge in [0.1, 0.15) is 0 Å².